The van der Waals surface area contributed by atoms with E-state index in [0.29, 0.717) is 24.5 Å². The van der Waals surface area contributed by atoms with Gasteiger partial charge < -0.3 is 11.1 Å². The summed E-state index contributed by atoms with van der Waals surface area (Å²) in [5, 5.41) is 12.6. The molecule has 0 aromatic carbocycles. The summed E-state index contributed by atoms with van der Waals surface area (Å²) in [6.07, 6.45) is 2.85. The number of aromatic amines is 1. The van der Waals surface area contributed by atoms with E-state index in [0.717, 1.165) is 35.5 Å². The molecule has 7 heteroatoms. The lowest BCUT2D eigenvalue weighted by atomic mass is 10.1. The van der Waals surface area contributed by atoms with Crippen molar-refractivity contribution in [2.45, 2.75) is 39.5 Å². The number of amides is 1. The maximum absolute atomic E-state index is 11.8. The van der Waals surface area contributed by atoms with E-state index in [-0.39, 0.29) is 5.91 Å². The minimum absolute atomic E-state index is 0.0628. The number of hydrogen-bond donors (Lipinski definition) is 3. The van der Waals surface area contributed by atoms with Crippen LogP contribution in [-0.4, -0.2) is 27.6 Å². The molecule has 0 aliphatic carbocycles. The first kappa shape index (κ1) is 15.5. The second-order valence-corrected chi connectivity index (χ2v) is 5.94. The van der Waals surface area contributed by atoms with Gasteiger partial charge in [0.25, 0.3) is 0 Å². The van der Waals surface area contributed by atoms with Crippen molar-refractivity contribution in [3.05, 3.63) is 28.0 Å². The number of H-pyrrole nitrogens is 1. The Bertz CT molecular complexity index is 604. The predicted octanol–water partition coefficient (Wildman–Crippen LogP) is 1.75. The van der Waals surface area contributed by atoms with Crippen molar-refractivity contribution >= 4 is 22.4 Å². The van der Waals surface area contributed by atoms with E-state index in [2.05, 4.69) is 20.5 Å². The van der Waals surface area contributed by atoms with E-state index in [1.54, 1.807) is 0 Å². The van der Waals surface area contributed by atoms with Crippen molar-refractivity contribution in [3.8, 4) is 0 Å². The van der Waals surface area contributed by atoms with Crippen LogP contribution < -0.4 is 11.1 Å². The number of nitrogens with one attached hydrogen (secondary N) is 2. The molecule has 2 aromatic heterocycles. The Morgan fingerprint density at radius 3 is 2.86 bits per heavy atom. The highest BCUT2D eigenvalue weighted by Gasteiger charge is 2.08. The van der Waals surface area contributed by atoms with Gasteiger partial charge in [-0.3, -0.25) is 9.89 Å². The number of carbonyl (C=O) groups excluding carboxylic acids is 1. The Labute approximate surface area is 128 Å². The molecule has 4 N–H and O–H groups in total. The van der Waals surface area contributed by atoms with E-state index < -0.39 is 0 Å². The first-order chi connectivity index (χ1) is 10.1. The molecule has 0 spiro atoms. The van der Waals surface area contributed by atoms with Gasteiger partial charge in [-0.05, 0) is 32.3 Å². The summed E-state index contributed by atoms with van der Waals surface area (Å²) in [6.45, 7) is 4.66. The summed E-state index contributed by atoms with van der Waals surface area (Å²) < 4.78 is 0. The van der Waals surface area contributed by atoms with Gasteiger partial charge in [0.15, 0.2) is 5.13 Å². The average Bonchev–Trinajstić information content (AvgIpc) is 3.01. The van der Waals surface area contributed by atoms with E-state index >= 15 is 0 Å². The SMILES string of the molecule is Cc1[nH]nc(CCC(=O)NCCCc2csc(N)n2)c1C. The normalized spacial score (nSPS) is 10.8. The second-order valence-electron chi connectivity index (χ2n) is 5.05. The zero-order valence-corrected chi connectivity index (χ0v) is 13.2. The van der Waals surface area contributed by atoms with Gasteiger partial charge in [-0.2, -0.15) is 5.10 Å². The molecule has 0 bridgehead atoms. The number of nitrogens with zero attached hydrogens (tertiary/aromatic N) is 2. The highest BCUT2D eigenvalue weighted by molar-refractivity contribution is 7.13. The standard InChI is InChI=1S/C14H21N5OS/c1-9-10(2)18-19-12(9)5-6-13(20)16-7-3-4-11-8-21-14(15)17-11/h8H,3-7H2,1-2H3,(H2,15,17)(H,16,20)(H,18,19). The van der Waals surface area contributed by atoms with Gasteiger partial charge in [-0.1, -0.05) is 0 Å². The first-order valence-electron chi connectivity index (χ1n) is 7.03. The summed E-state index contributed by atoms with van der Waals surface area (Å²) in [5.74, 6) is 0.0628. The molecular formula is C14H21N5OS. The first-order valence-corrected chi connectivity index (χ1v) is 7.91. The zero-order chi connectivity index (χ0) is 15.2. The average molecular weight is 307 g/mol. The quantitative estimate of drug-likeness (QED) is 0.679. The molecule has 0 saturated carbocycles. The molecule has 0 atom stereocenters. The van der Waals surface area contributed by atoms with Gasteiger partial charge >= 0.3 is 0 Å². The van der Waals surface area contributed by atoms with Crippen LogP contribution in [0.15, 0.2) is 5.38 Å². The van der Waals surface area contributed by atoms with Crippen LogP contribution in [-0.2, 0) is 17.6 Å². The molecule has 6 nitrogen and oxygen atoms in total. The minimum atomic E-state index is 0.0628. The fourth-order valence-corrected chi connectivity index (χ4v) is 2.63. The van der Waals surface area contributed by atoms with Crippen LogP contribution in [0.1, 0.15) is 35.5 Å². The molecule has 21 heavy (non-hydrogen) atoms. The number of rotatable bonds is 7. The number of aryl methyl sites for hydroxylation is 3. The number of anilines is 1. The van der Waals surface area contributed by atoms with Gasteiger partial charge in [0.05, 0.1) is 11.4 Å². The highest BCUT2D eigenvalue weighted by Crippen LogP contribution is 2.12. The molecule has 0 unspecified atom stereocenters. The monoisotopic (exact) mass is 307 g/mol. The topological polar surface area (TPSA) is 96.7 Å². The summed E-state index contributed by atoms with van der Waals surface area (Å²) in [6, 6.07) is 0. The van der Waals surface area contributed by atoms with Crippen LogP contribution >= 0.6 is 11.3 Å². The van der Waals surface area contributed by atoms with Crippen molar-refractivity contribution in [2.75, 3.05) is 12.3 Å². The third kappa shape index (κ3) is 4.56. The van der Waals surface area contributed by atoms with Gasteiger partial charge in [0.1, 0.15) is 0 Å². The van der Waals surface area contributed by atoms with Crippen LogP contribution in [0.5, 0.6) is 0 Å². The van der Waals surface area contributed by atoms with E-state index in [1.807, 2.05) is 19.2 Å². The largest absolute Gasteiger partial charge is 0.375 e. The lowest BCUT2D eigenvalue weighted by Crippen LogP contribution is -2.25. The molecule has 0 radical (unpaired) electrons. The van der Waals surface area contributed by atoms with E-state index in [1.165, 1.54) is 11.3 Å². The number of thiazole rings is 1. The van der Waals surface area contributed by atoms with Crippen LogP contribution in [0.2, 0.25) is 0 Å². The Balaban J connectivity index is 1.62. The maximum Gasteiger partial charge on any atom is 0.220 e. The Morgan fingerprint density at radius 1 is 1.43 bits per heavy atom. The van der Waals surface area contributed by atoms with Gasteiger partial charge in [-0.15, -0.1) is 11.3 Å². The molecular weight excluding hydrogens is 286 g/mol. The lowest BCUT2D eigenvalue weighted by Gasteiger charge is -2.04. The van der Waals surface area contributed by atoms with Crippen LogP contribution in [0, 0.1) is 13.8 Å². The smallest absolute Gasteiger partial charge is 0.220 e. The third-order valence-electron chi connectivity index (χ3n) is 3.44. The lowest BCUT2D eigenvalue weighted by molar-refractivity contribution is -0.121. The number of hydrogen-bond acceptors (Lipinski definition) is 5. The van der Waals surface area contributed by atoms with E-state index in [9.17, 15) is 4.79 Å². The molecule has 0 saturated heterocycles. The molecule has 2 rings (SSSR count). The second kappa shape index (κ2) is 7.21. The fraction of sp³-hybridized carbons (Fsp3) is 0.500. The highest BCUT2D eigenvalue weighted by atomic mass is 32.1. The summed E-state index contributed by atoms with van der Waals surface area (Å²) in [7, 11) is 0. The summed E-state index contributed by atoms with van der Waals surface area (Å²) in [4.78, 5) is 16.0. The number of aromatic nitrogens is 3. The maximum atomic E-state index is 11.8. The van der Waals surface area contributed by atoms with Crippen molar-refractivity contribution in [1.82, 2.24) is 20.5 Å². The van der Waals surface area contributed by atoms with Crippen molar-refractivity contribution in [3.63, 3.8) is 0 Å². The van der Waals surface area contributed by atoms with Gasteiger partial charge in [-0.25, -0.2) is 4.98 Å². The van der Waals surface area contributed by atoms with Crippen molar-refractivity contribution < 1.29 is 4.79 Å². The summed E-state index contributed by atoms with van der Waals surface area (Å²) in [5.41, 5.74) is 9.74. The number of carbonyl (C=O) groups is 1. The molecule has 114 valence electrons. The molecule has 0 aliphatic rings. The third-order valence-corrected chi connectivity index (χ3v) is 4.17. The molecule has 2 heterocycles. The molecule has 0 aliphatic heterocycles. The Morgan fingerprint density at radius 2 is 2.24 bits per heavy atom. The predicted molar refractivity (Wildman–Crippen MR) is 84.2 cm³/mol. The Kier molecular flexibility index (Phi) is 5.32. The number of nitrogen functional groups attached to an aromatic ring is 1. The summed E-state index contributed by atoms with van der Waals surface area (Å²) >= 11 is 1.45. The molecule has 0 fully saturated rings. The van der Waals surface area contributed by atoms with Crippen molar-refractivity contribution in [1.29, 1.82) is 0 Å². The molecule has 2 aromatic rings. The zero-order valence-electron chi connectivity index (χ0n) is 12.4. The number of nitrogens with two attached hydrogens (primary N) is 1. The van der Waals surface area contributed by atoms with Crippen LogP contribution in [0.4, 0.5) is 5.13 Å². The van der Waals surface area contributed by atoms with Gasteiger partial charge in [0.2, 0.25) is 5.91 Å². The minimum Gasteiger partial charge on any atom is -0.375 e. The fourth-order valence-electron chi connectivity index (χ4n) is 2.03. The van der Waals surface area contributed by atoms with Crippen molar-refractivity contribution in [2.24, 2.45) is 0 Å². The van der Waals surface area contributed by atoms with Crippen LogP contribution in [0.25, 0.3) is 0 Å². The molecule has 1 amide bonds. The van der Waals surface area contributed by atoms with Crippen LogP contribution in [0.3, 0.4) is 0 Å². The van der Waals surface area contributed by atoms with E-state index in [4.69, 9.17) is 5.73 Å². The van der Waals surface area contributed by atoms with Gasteiger partial charge in [0, 0.05) is 30.5 Å². The Hall–Kier alpha value is -1.89.